The molecular formula is C76H134O6. The van der Waals surface area contributed by atoms with Gasteiger partial charge in [0.05, 0.1) is 0 Å². The molecule has 1 atom stereocenters. The van der Waals surface area contributed by atoms with Crippen LogP contribution in [0.15, 0.2) is 85.1 Å². The first kappa shape index (κ1) is 78.6. The summed E-state index contributed by atoms with van der Waals surface area (Å²) in [6.45, 7) is 6.48. The molecule has 0 spiro atoms. The molecular weight excluding hydrogens is 1010 g/mol. The number of hydrogen-bond donors (Lipinski definition) is 0. The Bertz CT molecular complexity index is 1550. The standard InChI is InChI=1S/C76H134O6/c1-4-7-10-13-16-19-22-24-26-28-30-32-34-35-36-37-38-39-40-41-43-44-46-48-50-52-54-57-60-63-66-69-75(78)81-72-73(71-80-74(77)68-65-62-59-56-21-18-15-12-9-6-3)82-76(79)70-67-64-61-58-55-53-51-49-47-45-42-33-31-29-27-25-23-20-17-14-11-8-5-2/h8,11-12,15,17,20,25,27,31,33,45,47,51,53,73H,4-7,9-10,13-14,16,18-19,21-24,26,28-30,32,34-44,46,48-50,52,54-72H2,1-3H3/b11-8-,15-12-,20-17-,27-25-,33-31-,47-45-,53-51-. The van der Waals surface area contributed by atoms with Gasteiger partial charge in [-0.2, -0.15) is 0 Å². The number of carbonyl (C=O) groups excluding carboxylic acids is 3. The summed E-state index contributed by atoms with van der Waals surface area (Å²) in [6.07, 6.45) is 93.5. The van der Waals surface area contributed by atoms with Gasteiger partial charge in [0.2, 0.25) is 0 Å². The number of ether oxygens (including phenoxy) is 3. The predicted octanol–water partition coefficient (Wildman–Crippen LogP) is 24.6. The molecule has 474 valence electrons. The molecule has 0 fully saturated rings. The van der Waals surface area contributed by atoms with Gasteiger partial charge in [-0.1, -0.05) is 337 Å². The lowest BCUT2D eigenvalue weighted by Crippen LogP contribution is -2.30. The zero-order valence-electron chi connectivity index (χ0n) is 54.5. The van der Waals surface area contributed by atoms with Crippen LogP contribution in [0, 0.1) is 0 Å². The number of carbonyl (C=O) groups is 3. The van der Waals surface area contributed by atoms with E-state index in [4.69, 9.17) is 14.2 Å². The molecule has 0 aliphatic heterocycles. The Morgan fingerprint density at radius 3 is 0.805 bits per heavy atom. The smallest absolute Gasteiger partial charge is 0.306 e. The molecule has 0 radical (unpaired) electrons. The second kappa shape index (κ2) is 70.1. The molecule has 1 unspecified atom stereocenters. The van der Waals surface area contributed by atoms with E-state index in [1.807, 2.05) is 0 Å². The normalized spacial score (nSPS) is 12.6. The van der Waals surface area contributed by atoms with Crippen LogP contribution >= 0.6 is 0 Å². The summed E-state index contributed by atoms with van der Waals surface area (Å²) < 4.78 is 16.9. The molecule has 0 saturated heterocycles. The average molecular weight is 1140 g/mol. The molecule has 0 N–H and O–H groups in total. The van der Waals surface area contributed by atoms with Crippen molar-refractivity contribution in [2.75, 3.05) is 13.2 Å². The van der Waals surface area contributed by atoms with Crippen molar-refractivity contribution in [3.8, 4) is 0 Å². The van der Waals surface area contributed by atoms with Gasteiger partial charge in [0.25, 0.3) is 0 Å². The van der Waals surface area contributed by atoms with Crippen molar-refractivity contribution in [3.63, 3.8) is 0 Å². The summed E-state index contributed by atoms with van der Waals surface area (Å²) in [6, 6.07) is 0. The minimum absolute atomic E-state index is 0.0872. The van der Waals surface area contributed by atoms with Crippen LogP contribution in [-0.4, -0.2) is 37.2 Å². The van der Waals surface area contributed by atoms with Gasteiger partial charge < -0.3 is 14.2 Å². The lowest BCUT2D eigenvalue weighted by Gasteiger charge is -2.18. The molecule has 0 aromatic carbocycles. The van der Waals surface area contributed by atoms with Crippen molar-refractivity contribution < 1.29 is 28.6 Å². The highest BCUT2D eigenvalue weighted by molar-refractivity contribution is 5.71. The monoisotopic (exact) mass is 1140 g/mol. The number of hydrogen-bond acceptors (Lipinski definition) is 6. The van der Waals surface area contributed by atoms with Crippen LogP contribution < -0.4 is 0 Å². The van der Waals surface area contributed by atoms with Crippen LogP contribution in [0.2, 0.25) is 0 Å². The fourth-order valence-electron chi connectivity index (χ4n) is 10.3. The first-order valence-electron chi connectivity index (χ1n) is 35.6. The topological polar surface area (TPSA) is 78.9 Å². The van der Waals surface area contributed by atoms with Crippen LogP contribution in [0.4, 0.5) is 0 Å². The second-order valence-corrected chi connectivity index (χ2v) is 23.8. The fraction of sp³-hybridized carbons (Fsp3) is 0.776. The van der Waals surface area contributed by atoms with Crippen molar-refractivity contribution in [1.29, 1.82) is 0 Å². The molecule has 6 heteroatoms. The Labute approximate surface area is 509 Å². The summed E-state index contributed by atoms with van der Waals surface area (Å²) >= 11 is 0. The lowest BCUT2D eigenvalue weighted by molar-refractivity contribution is -0.167. The van der Waals surface area contributed by atoms with Crippen LogP contribution in [0.25, 0.3) is 0 Å². The maximum atomic E-state index is 12.9. The van der Waals surface area contributed by atoms with Gasteiger partial charge in [0.1, 0.15) is 13.2 Å². The number of esters is 3. The number of rotatable bonds is 65. The molecule has 0 amide bonds. The molecule has 0 aliphatic rings. The zero-order valence-corrected chi connectivity index (χ0v) is 54.5. The van der Waals surface area contributed by atoms with Gasteiger partial charge in [0.15, 0.2) is 6.10 Å². The molecule has 0 rings (SSSR count). The molecule has 0 aromatic rings. The summed E-state index contributed by atoms with van der Waals surface area (Å²) in [5.41, 5.74) is 0. The maximum absolute atomic E-state index is 12.9. The molecule has 0 saturated carbocycles. The van der Waals surface area contributed by atoms with E-state index in [-0.39, 0.29) is 31.1 Å². The summed E-state index contributed by atoms with van der Waals surface area (Å²) in [5, 5.41) is 0. The van der Waals surface area contributed by atoms with Gasteiger partial charge in [-0.3, -0.25) is 14.4 Å². The van der Waals surface area contributed by atoms with E-state index in [2.05, 4.69) is 106 Å². The molecule has 0 bridgehead atoms. The third-order valence-electron chi connectivity index (χ3n) is 15.6. The SMILES string of the molecule is CC/C=C\C/C=C\C/C=C\C/C=C\C/C=C\C/C=C\CCCCCCC(=O)OC(COC(=O)CCCCCCC/C=C\CCC)COC(=O)CCCCCCCCCCCCCCCCCCCCCCCCCCCCCCCCC. The van der Waals surface area contributed by atoms with E-state index in [0.29, 0.717) is 19.3 Å². The van der Waals surface area contributed by atoms with Crippen LogP contribution in [0.1, 0.15) is 361 Å². The Morgan fingerprint density at radius 2 is 0.500 bits per heavy atom. The Hall–Kier alpha value is -3.41. The molecule has 82 heavy (non-hydrogen) atoms. The Kier molecular flexibility index (Phi) is 67.2. The lowest BCUT2D eigenvalue weighted by atomic mass is 10.0. The summed E-state index contributed by atoms with van der Waals surface area (Å²) in [5.74, 6) is -0.909. The van der Waals surface area contributed by atoms with Gasteiger partial charge in [-0.05, 0) is 89.9 Å². The molecule has 0 aliphatic carbocycles. The Morgan fingerprint density at radius 1 is 0.256 bits per heavy atom. The zero-order chi connectivity index (χ0) is 59.2. The minimum atomic E-state index is -0.794. The van der Waals surface area contributed by atoms with Gasteiger partial charge >= 0.3 is 17.9 Å². The van der Waals surface area contributed by atoms with Crippen LogP contribution in [0.5, 0.6) is 0 Å². The van der Waals surface area contributed by atoms with E-state index in [0.717, 1.165) is 128 Å². The first-order chi connectivity index (χ1) is 40.5. The summed E-state index contributed by atoms with van der Waals surface area (Å²) in [7, 11) is 0. The fourth-order valence-corrected chi connectivity index (χ4v) is 10.3. The predicted molar refractivity (Wildman–Crippen MR) is 358 cm³/mol. The first-order valence-corrected chi connectivity index (χ1v) is 35.6. The van der Waals surface area contributed by atoms with E-state index >= 15 is 0 Å². The highest BCUT2D eigenvalue weighted by atomic mass is 16.6. The highest BCUT2D eigenvalue weighted by Gasteiger charge is 2.19. The molecule has 6 nitrogen and oxygen atoms in total. The highest BCUT2D eigenvalue weighted by Crippen LogP contribution is 2.18. The largest absolute Gasteiger partial charge is 0.462 e. The quantitative estimate of drug-likeness (QED) is 0.0261. The third-order valence-corrected chi connectivity index (χ3v) is 15.6. The third kappa shape index (κ3) is 67.4. The van der Waals surface area contributed by atoms with Crippen molar-refractivity contribution in [2.45, 2.75) is 367 Å². The maximum Gasteiger partial charge on any atom is 0.306 e. The number of allylic oxidation sites excluding steroid dienone is 14. The molecule has 0 aromatic heterocycles. The van der Waals surface area contributed by atoms with E-state index in [9.17, 15) is 14.4 Å². The second-order valence-electron chi connectivity index (χ2n) is 23.8. The average Bonchev–Trinajstić information content (AvgIpc) is 3.47. The minimum Gasteiger partial charge on any atom is -0.462 e. The molecule has 0 heterocycles. The van der Waals surface area contributed by atoms with Crippen molar-refractivity contribution >= 4 is 17.9 Å². The van der Waals surface area contributed by atoms with E-state index in [1.165, 1.54) is 193 Å². The van der Waals surface area contributed by atoms with Crippen LogP contribution in [0.3, 0.4) is 0 Å². The summed E-state index contributed by atoms with van der Waals surface area (Å²) in [4.78, 5) is 38.3. The van der Waals surface area contributed by atoms with Crippen molar-refractivity contribution in [1.82, 2.24) is 0 Å². The van der Waals surface area contributed by atoms with Gasteiger partial charge in [-0.25, -0.2) is 0 Å². The van der Waals surface area contributed by atoms with E-state index < -0.39 is 6.10 Å². The number of unbranched alkanes of at least 4 members (excludes halogenated alkanes) is 40. The van der Waals surface area contributed by atoms with Gasteiger partial charge in [0, 0.05) is 19.3 Å². The van der Waals surface area contributed by atoms with Crippen molar-refractivity contribution in [2.24, 2.45) is 0 Å². The Balaban J connectivity index is 4.16. The van der Waals surface area contributed by atoms with Crippen LogP contribution in [-0.2, 0) is 28.6 Å². The van der Waals surface area contributed by atoms with Crippen molar-refractivity contribution in [3.05, 3.63) is 85.1 Å². The van der Waals surface area contributed by atoms with E-state index in [1.54, 1.807) is 0 Å². The van der Waals surface area contributed by atoms with Gasteiger partial charge in [-0.15, -0.1) is 0 Å².